The molecule has 2 saturated heterocycles. The lowest BCUT2D eigenvalue weighted by molar-refractivity contribution is -0.126. The number of ether oxygens (including phenoxy) is 2. The Morgan fingerprint density at radius 2 is 1.97 bits per heavy atom. The Balaban J connectivity index is 1.46. The van der Waals surface area contributed by atoms with E-state index in [1.165, 1.54) is 17.0 Å². The maximum Gasteiger partial charge on any atom is 0.414 e. The summed E-state index contributed by atoms with van der Waals surface area (Å²) in [7, 11) is 0. The number of cyclic esters (lactones) is 1. The Morgan fingerprint density at radius 3 is 2.56 bits per heavy atom. The number of nitrogens with one attached hydrogen (secondary N) is 1. The summed E-state index contributed by atoms with van der Waals surface area (Å²) in [6, 6.07) is 3.77. The molecule has 2 aliphatic rings. The topological polar surface area (TPSA) is 112 Å². The van der Waals surface area contributed by atoms with Gasteiger partial charge >= 0.3 is 12.2 Å². The first-order valence-corrected chi connectivity index (χ1v) is 11.9. The SMILES string of the molecule is CC(C(=O)NCC#Cc1ccc(N2C[C@H](CO)OC2=O)cc1F)N1CCN(C(=O)OC(C)(C)C)CC1. The quantitative estimate of drug-likeness (QED) is 0.586. The van der Waals surface area contributed by atoms with Gasteiger partial charge in [0.05, 0.1) is 37.0 Å². The minimum atomic E-state index is -0.643. The predicted molar refractivity (Wildman–Crippen MR) is 130 cm³/mol. The molecule has 0 saturated carbocycles. The Bertz CT molecular complexity index is 1040. The first-order chi connectivity index (χ1) is 17.0. The zero-order valence-corrected chi connectivity index (χ0v) is 21.0. The second kappa shape index (κ2) is 11.6. The van der Waals surface area contributed by atoms with Crippen LogP contribution < -0.4 is 10.2 Å². The monoisotopic (exact) mass is 504 g/mol. The number of carbonyl (C=O) groups is 3. The van der Waals surface area contributed by atoms with Crippen molar-refractivity contribution in [2.45, 2.75) is 45.4 Å². The van der Waals surface area contributed by atoms with E-state index in [0.29, 0.717) is 31.9 Å². The lowest BCUT2D eigenvalue weighted by Crippen LogP contribution is -2.55. The number of carbonyl (C=O) groups excluding carboxylic acids is 3. The second-order valence-electron chi connectivity index (χ2n) is 9.66. The maximum absolute atomic E-state index is 14.5. The summed E-state index contributed by atoms with van der Waals surface area (Å²) in [6.07, 6.45) is -1.64. The van der Waals surface area contributed by atoms with Crippen LogP contribution in [0.15, 0.2) is 18.2 Å². The van der Waals surface area contributed by atoms with E-state index in [-0.39, 0.29) is 37.3 Å². The maximum atomic E-state index is 14.5. The number of halogens is 1. The molecule has 2 aliphatic heterocycles. The smallest absolute Gasteiger partial charge is 0.414 e. The Labute approximate surface area is 210 Å². The van der Waals surface area contributed by atoms with Gasteiger partial charge in [-0.05, 0) is 45.9 Å². The van der Waals surface area contributed by atoms with Crippen LogP contribution in [0.5, 0.6) is 0 Å². The fraction of sp³-hybridized carbons (Fsp3) is 0.560. The van der Waals surface area contributed by atoms with Crippen LogP contribution in [0.3, 0.4) is 0 Å². The van der Waals surface area contributed by atoms with Gasteiger partial charge in [0.2, 0.25) is 5.91 Å². The van der Waals surface area contributed by atoms with E-state index in [1.54, 1.807) is 17.9 Å². The first-order valence-electron chi connectivity index (χ1n) is 11.9. The molecule has 1 aromatic carbocycles. The molecule has 2 fully saturated rings. The van der Waals surface area contributed by atoms with Crippen LogP contribution in [0.25, 0.3) is 0 Å². The highest BCUT2D eigenvalue weighted by molar-refractivity contribution is 5.89. The summed E-state index contributed by atoms with van der Waals surface area (Å²) >= 11 is 0. The average molecular weight is 505 g/mol. The molecule has 11 heteroatoms. The van der Waals surface area contributed by atoms with Crippen LogP contribution in [0.4, 0.5) is 19.7 Å². The predicted octanol–water partition coefficient (Wildman–Crippen LogP) is 1.55. The molecule has 1 unspecified atom stereocenters. The molecule has 0 aliphatic carbocycles. The van der Waals surface area contributed by atoms with Crippen LogP contribution in [-0.2, 0) is 14.3 Å². The summed E-state index contributed by atoms with van der Waals surface area (Å²) in [5, 5.41) is 11.9. The van der Waals surface area contributed by atoms with Crippen molar-refractivity contribution in [2.75, 3.05) is 50.8 Å². The Kier molecular flexibility index (Phi) is 8.76. The first kappa shape index (κ1) is 27.2. The summed E-state index contributed by atoms with van der Waals surface area (Å²) in [5.41, 5.74) is -0.113. The van der Waals surface area contributed by atoms with Crippen LogP contribution in [0.2, 0.25) is 0 Å². The van der Waals surface area contributed by atoms with Gasteiger partial charge < -0.3 is 24.8 Å². The van der Waals surface area contributed by atoms with Crippen molar-refractivity contribution in [1.82, 2.24) is 15.1 Å². The number of aliphatic hydroxyl groups is 1. The van der Waals surface area contributed by atoms with Gasteiger partial charge in [-0.15, -0.1) is 0 Å². The van der Waals surface area contributed by atoms with Gasteiger partial charge in [-0.25, -0.2) is 14.0 Å². The van der Waals surface area contributed by atoms with Crippen molar-refractivity contribution in [3.63, 3.8) is 0 Å². The highest BCUT2D eigenvalue weighted by atomic mass is 19.1. The molecule has 3 rings (SSSR count). The number of aliphatic hydroxyl groups excluding tert-OH is 1. The molecule has 3 amide bonds. The summed E-state index contributed by atoms with van der Waals surface area (Å²) in [4.78, 5) is 41.4. The lowest BCUT2D eigenvalue weighted by Gasteiger charge is -2.37. The van der Waals surface area contributed by atoms with E-state index >= 15 is 0 Å². The number of amides is 3. The van der Waals surface area contributed by atoms with E-state index in [9.17, 15) is 18.8 Å². The molecule has 0 aromatic heterocycles. The molecular weight excluding hydrogens is 471 g/mol. The minimum Gasteiger partial charge on any atom is -0.444 e. The van der Waals surface area contributed by atoms with Crippen LogP contribution in [0.1, 0.15) is 33.3 Å². The second-order valence-corrected chi connectivity index (χ2v) is 9.66. The number of hydrogen-bond acceptors (Lipinski definition) is 7. The summed E-state index contributed by atoms with van der Waals surface area (Å²) < 4.78 is 24.8. The fourth-order valence-corrected chi connectivity index (χ4v) is 3.80. The molecule has 196 valence electrons. The van der Waals surface area contributed by atoms with Gasteiger partial charge in [0.1, 0.15) is 17.5 Å². The normalized spacial score (nSPS) is 19.3. The Morgan fingerprint density at radius 1 is 1.28 bits per heavy atom. The molecule has 2 N–H and O–H groups in total. The highest BCUT2D eigenvalue weighted by Crippen LogP contribution is 2.23. The average Bonchev–Trinajstić information content (AvgIpc) is 3.21. The number of benzene rings is 1. The third-order valence-electron chi connectivity index (χ3n) is 5.81. The molecule has 0 bridgehead atoms. The van der Waals surface area contributed by atoms with E-state index in [4.69, 9.17) is 14.6 Å². The number of rotatable bonds is 5. The van der Waals surface area contributed by atoms with Gasteiger partial charge in [-0.1, -0.05) is 11.8 Å². The molecule has 0 spiro atoms. The molecule has 1 aromatic rings. The van der Waals surface area contributed by atoms with Gasteiger partial charge in [-0.3, -0.25) is 14.6 Å². The van der Waals surface area contributed by atoms with E-state index < -0.39 is 29.7 Å². The van der Waals surface area contributed by atoms with Crippen molar-refractivity contribution in [2.24, 2.45) is 0 Å². The van der Waals surface area contributed by atoms with E-state index in [0.717, 1.165) is 0 Å². The van der Waals surface area contributed by atoms with Crippen molar-refractivity contribution in [3.05, 3.63) is 29.6 Å². The minimum absolute atomic E-state index is 0.0405. The van der Waals surface area contributed by atoms with Gasteiger partial charge in [-0.2, -0.15) is 0 Å². The van der Waals surface area contributed by atoms with Gasteiger partial charge in [0.25, 0.3) is 0 Å². The summed E-state index contributed by atoms with van der Waals surface area (Å²) in [6.45, 7) is 9.14. The number of anilines is 1. The molecule has 10 nitrogen and oxygen atoms in total. The largest absolute Gasteiger partial charge is 0.444 e. The number of piperazine rings is 1. The van der Waals surface area contributed by atoms with Crippen LogP contribution in [-0.4, -0.2) is 96.6 Å². The third-order valence-corrected chi connectivity index (χ3v) is 5.81. The number of hydrogen-bond donors (Lipinski definition) is 2. The highest BCUT2D eigenvalue weighted by Gasteiger charge is 2.32. The Hall–Kier alpha value is -3.36. The molecule has 2 heterocycles. The zero-order valence-electron chi connectivity index (χ0n) is 21.0. The van der Waals surface area contributed by atoms with E-state index in [1.807, 2.05) is 25.7 Å². The van der Waals surface area contributed by atoms with Gasteiger partial charge in [0.15, 0.2) is 0 Å². The van der Waals surface area contributed by atoms with Crippen molar-refractivity contribution < 1.29 is 33.4 Å². The standard InChI is InChI=1S/C25H33FN4O6/c1-17(28-10-12-29(13-11-28)23(33)36-25(2,3)4)22(32)27-9-5-6-18-7-8-19(14-21(18)26)30-15-20(16-31)35-24(30)34/h7-8,14,17,20,31H,9-13,15-16H2,1-4H3,(H,27,32)/t17?,20-/m1/s1. The fourth-order valence-electron chi connectivity index (χ4n) is 3.80. The molecule has 0 radical (unpaired) electrons. The van der Waals surface area contributed by atoms with Crippen molar-refractivity contribution in [3.8, 4) is 11.8 Å². The van der Waals surface area contributed by atoms with Gasteiger partial charge in [0, 0.05) is 26.2 Å². The number of nitrogens with zero attached hydrogens (tertiary/aromatic N) is 3. The lowest BCUT2D eigenvalue weighted by atomic mass is 10.2. The zero-order chi connectivity index (χ0) is 26.5. The van der Waals surface area contributed by atoms with Crippen LogP contribution in [0, 0.1) is 17.7 Å². The van der Waals surface area contributed by atoms with Crippen molar-refractivity contribution in [1.29, 1.82) is 0 Å². The third kappa shape index (κ3) is 7.08. The summed E-state index contributed by atoms with van der Waals surface area (Å²) in [5.74, 6) is 4.61. The molecular formula is C25H33FN4O6. The van der Waals surface area contributed by atoms with Crippen LogP contribution >= 0.6 is 0 Å². The van der Waals surface area contributed by atoms with E-state index in [2.05, 4.69) is 17.2 Å². The van der Waals surface area contributed by atoms with Crippen molar-refractivity contribution >= 4 is 23.8 Å². The molecule has 36 heavy (non-hydrogen) atoms. The molecule has 2 atom stereocenters.